The Hall–Kier alpha value is -0.810. The number of nitrogens with zero attached hydrogens (tertiary/aromatic N) is 2. The lowest BCUT2D eigenvalue weighted by Gasteiger charge is -1.98. The zero-order valence-corrected chi connectivity index (χ0v) is 9.24. The smallest absolute Gasteiger partial charge is 0.258 e. The van der Waals surface area contributed by atoms with Crippen molar-refractivity contribution in [1.82, 2.24) is 0 Å². The van der Waals surface area contributed by atoms with Crippen molar-refractivity contribution in [3.8, 4) is 6.07 Å². The molecule has 0 spiro atoms. The minimum absolute atomic E-state index is 0.00810. The Labute approximate surface area is 93.3 Å². The lowest BCUT2D eigenvalue weighted by atomic mass is 10.2. The summed E-state index contributed by atoms with van der Waals surface area (Å²) in [6.07, 6.45) is 0. The molecule has 66 valence electrons. The number of benzene rings is 1. The molecule has 0 aliphatic rings. The van der Waals surface area contributed by atoms with Gasteiger partial charge in [-0.2, -0.15) is 5.26 Å². The van der Waals surface area contributed by atoms with E-state index < -0.39 is 4.92 Å². The van der Waals surface area contributed by atoms with Gasteiger partial charge in [-0.1, -0.05) is 0 Å². The molecule has 1 rings (SSSR count). The van der Waals surface area contributed by atoms with Crippen LogP contribution in [0.3, 0.4) is 0 Å². The second kappa shape index (κ2) is 3.93. The van der Waals surface area contributed by atoms with Crippen molar-refractivity contribution in [2.24, 2.45) is 0 Å². The van der Waals surface area contributed by atoms with Crippen LogP contribution in [-0.2, 0) is 0 Å². The van der Waals surface area contributed by atoms with Crippen molar-refractivity contribution < 1.29 is 4.92 Å². The molecule has 0 saturated carbocycles. The Balaban J connectivity index is 3.50. The van der Waals surface area contributed by atoms with Crippen LogP contribution in [0.2, 0.25) is 0 Å². The van der Waals surface area contributed by atoms with E-state index in [1.807, 2.05) is 22.6 Å². The molecule has 6 heteroatoms. The standard InChI is InChI=1S/C7H3IN2O2S/c8-4-1-6(10(11)12)5(3-9)7(13)2-4/h1-2,13H. The van der Waals surface area contributed by atoms with E-state index >= 15 is 0 Å². The maximum Gasteiger partial charge on any atom is 0.289 e. The van der Waals surface area contributed by atoms with Crippen LogP contribution in [0, 0.1) is 25.0 Å². The van der Waals surface area contributed by atoms with Gasteiger partial charge in [-0.3, -0.25) is 10.1 Å². The second-order valence-corrected chi connectivity index (χ2v) is 3.92. The van der Waals surface area contributed by atoms with E-state index in [0.717, 1.165) is 0 Å². The number of nitriles is 1. The topological polar surface area (TPSA) is 66.9 Å². The summed E-state index contributed by atoms with van der Waals surface area (Å²) >= 11 is 5.91. The van der Waals surface area contributed by atoms with Crippen LogP contribution in [0.1, 0.15) is 5.56 Å². The van der Waals surface area contributed by atoms with Crippen LogP contribution >= 0.6 is 35.2 Å². The Morgan fingerprint density at radius 3 is 2.69 bits per heavy atom. The summed E-state index contributed by atoms with van der Waals surface area (Å²) in [5.41, 5.74) is -0.187. The minimum Gasteiger partial charge on any atom is -0.258 e. The van der Waals surface area contributed by atoms with Crippen molar-refractivity contribution in [3.63, 3.8) is 0 Å². The highest BCUT2D eigenvalue weighted by Gasteiger charge is 2.16. The molecule has 0 radical (unpaired) electrons. The molecule has 0 aliphatic carbocycles. The van der Waals surface area contributed by atoms with Gasteiger partial charge in [-0.15, -0.1) is 12.6 Å². The van der Waals surface area contributed by atoms with Gasteiger partial charge in [-0.05, 0) is 28.7 Å². The first-order chi connectivity index (χ1) is 6.06. The fraction of sp³-hybridized carbons (Fsp3) is 0. The molecule has 4 nitrogen and oxygen atoms in total. The highest BCUT2D eigenvalue weighted by atomic mass is 127. The number of halogens is 1. The second-order valence-electron chi connectivity index (χ2n) is 2.19. The van der Waals surface area contributed by atoms with Gasteiger partial charge in [0.05, 0.1) is 4.92 Å². The molecule has 0 amide bonds. The van der Waals surface area contributed by atoms with Crippen LogP contribution in [0.4, 0.5) is 5.69 Å². The number of thiol groups is 1. The van der Waals surface area contributed by atoms with Gasteiger partial charge in [0.1, 0.15) is 11.6 Å². The maximum absolute atomic E-state index is 10.5. The molecule has 0 aliphatic heterocycles. The van der Waals surface area contributed by atoms with E-state index in [9.17, 15) is 10.1 Å². The van der Waals surface area contributed by atoms with E-state index in [1.54, 1.807) is 12.1 Å². The molecule has 0 atom stereocenters. The SMILES string of the molecule is N#Cc1c(S)cc(I)cc1[N+](=O)[O-]. The number of rotatable bonds is 1. The molecule has 0 unspecified atom stereocenters. The van der Waals surface area contributed by atoms with Crippen molar-refractivity contribution >= 4 is 40.9 Å². The van der Waals surface area contributed by atoms with Gasteiger partial charge in [0.25, 0.3) is 5.69 Å². The molecule has 0 bridgehead atoms. The van der Waals surface area contributed by atoms with Crippen molar-refractivity contribution in [3.05, 3.63) is 31.4 Å². The molecule has 0 fully saturated rings. The van der Waals surface area contributed by atoms with E-state index in [0.29, 0.717) is 8.47 Å². The Morgan fingerprint density at radius 1 is 1.62 bits per heavy atom. The van der Waals surface area contributed by atoms with Crippen LogP contribution < -0.4 is 0 Å². The molecule has 0 aromatic heterocycles. The summed E-state index contributed by atoms with van der Waals surface area (Å²) in [6, 6.07) is 4.70. The third-order valence-corrected chi connectivity index (χ3v) is 2.35. The molecular weight excluding hydrogens is 303 g/mol. The lowest BCUT2D eigenvalue weighted by Crippen LogP contribution is -1.94. The number of hydrogen-bond donors (Lipinski definition) is 1. The Bertz CT molecular complexity index is 414. The van der Waals surface area contributed by atoms with E-state index in [1.165, 1.54) is 6.07 Å². The van der Waals surface area contributed by atoms with Crippen LogP contribution in [-0.4, -0.2) is 4.92 Å². The van der Waals surface area contributed by atoms with Gasteiger partial charge in [0.15, 0.2) is 0 Å². The first-order valence-electron chi connectivity index (χ1n) is 3.13. The highest BCUT2D eigenvalue weighted by molar-refractivity contribution is 14.1. The zero-order chi connectivity index (χ0) is 10.0. The Morgan fingerprint density at radius 2 is 2.23 bits per heavy atom. The summed E-state index contributed by atoms with van der Waals surface area (Å²) in [7, 11) is 0. The molecule has 0 saturated heterocycles. The molecule has 0 heterocycles. The summed E-state index contributed by atoms with van der Waals surface area (Å²) in [5.74, 6) is 0. The fourth-order valence-corrected chi connectivity index (χ4v) is 1.99. The van der Waals surface area contributed by atoms with Crippen LogP contribution in [0.15, 0.2) is 17.0 Å². The van der Waals surface area contributed by atoms with Crippen molar-refractivity contribution in [2.45, 2.75) is 4.90 Å². The molecule has 13 heavy (non-hydrogen) atoms. The predicted molar refractivity (Wildman–Crippen MR) is 57.8 cm³/mol. The first-order valence-corrected chi connectivity index (χ1v) is 4.66. The third-order valence-electron chi connectivity index (χ3n) is 1.37. The number of hydrogen-bond acceptors (Lipinski definition) is 4. The zero-order valence-electron chi connectivity index (χ0n) is 6.19. The monoisotopic (exact) mass is 306 g/mol. The lowest BCUT2D eigenvalue weighted by molar-refractivity contribution is -0.385. The maximum atomic E-state index is 10.5. The van der Waals surface area contributed by atoms with Crippen molar-refractivity contribution in [1.29, 1.82) is 5.26 Å². The quantitative estimate of drug-likeness (QED) is 0.375. The highest BCUT2D eigenvalue weighted by Crippen LogP contribution is 2.26. The first kappa shape index (κ1) is 10.3. The van der Waals surface area contributed by atoms with Crippen LogP contribution in [0.25, 0.3) is 0 Å². The van der Waals surface area contributed by atoms with E-state index in [2.05, 4.69) is 12.6 Å². The summed E-state index contributed by atoms with van der Waals surface area (Å²) in [6.45, 7) is 0. The average molecular weight is 306 g/mol. The molecule has 1 aromatic rings. The number of nitro groups is 1. The predicted octanol–water partition coefficient (Wildman–Crippen LogP) is 2.36. The molecular formula is C7H3IN2O2S. The number of nitro benzene ring substituents is 1. The van der Waals surface area contributed by atoms with Gasteiger partial charge in [0.2, 0.25) is 0 Å². The van der Waals surface area contributed by atoms with E-state index in [-0.39, 0.29) is 11.3 Å². The molecule has 0 N–H and O–H groups in total. The minimum atomic E-state index is -0.583. The van der Waals surface area contributed by atoms with Crippen molar-refractivity contribution in [2.75, 3.05) is 0 Å². The summed E-state index contributed by atoms with van der Waals surface area (Å²) in [5, 5.41) is 19.1. The average Bonchev–Trinajstić information content (AvgIpc) is 2.02. The largest absolute Gasteiger partial charge is 0.289 e. The Kier molecular flexibility index (Phi) is 3.11. The van der Waals surface area contributed by atoms with Gasteiger partial charge >= 0.3 is 0 Å². The fourth-order valence-electron chi connectivity index (χ4n) is 0.837. The van der Waals surface area contributed by atoms with Gasteiger partial charge in [-0.25, -0.2) is 0 Å². The van der Waals surface area contributed by atoms with Gasteiger partial charge in [0, 0.05) is 14.5 Å². The van der Waals surface area contributed by atoms with Gasteiger partial charge < -0.3 is 0 Å². The van der Waals surface area contributed by atoms with E-state index in [4.69, 9.17) is 5.26 Å². The summed E-state index contributed by atoms with van der Waals surface area (Å²) in [4.78, 5) is 10.3. The van der Waals surface area contributed by atoms with Crippen LogP contribution in [0.5, 0.6) is 0 Å². The summed E-state index contributed by atoms with van der Waals surface area (Å²) < 4.78 is 0.688. The molecule has 1 aromatic carbocycles. The third kappa shape index (κ3) is 2.10. The normalized spacial score (nSPS) is 9.31.